The Morgan fingerprint density at radius 2 is 0.628 bits per heavy atom. The summed E-state index contributed by atoms with van der Waals surface area (Å²) in [5, 5.41) is 38.3. The second-order valence-corrected chi connectivity index (χ2v) is 38.4. The van der Waals surface area contributed by atoms with Gasteiger partial charge in [0.2, 0.25) is 9.84 Å². The summed E-state index contributed by atoms with van der Waals surface area (Å²) in [6, 6.07) is 0. The molecule has 0 aromatic heterocycles. The van der Waals surface area contributed by atoms with Crippen molar-refractivity contribution in [2.24, 2.45) is 124 Å². The molecule has 0 radical (unpaired) electrons. The number of ether oxygens (including phenoxy) is 4. The number of nitrogens with one attached hydrogen (secondary N) is 1. The van der Waals surface area contributed by atoms with Crippen molar-refractivity contribution in [3.05, 3.63) is 85.1 Å². The number of halogens is 33. The average molecular weight is 1950 g/mol. The van der Waals surface area contributed by atoms with E-state index in [2.05, 4.69) is 66.8 Å². The summed E-state index contributed by atoms with van der Waals surface area (Å²) in [7, 11) is -4.93. The van der Waals surface area contributed by atoms with Crippen LogP contribution in [0.2, 0.25) is 0 Å². The summed E-state index contributed by atoms with van der Waals surface area (Å²) >= 11 is 0. The van der Waals surface area contributed by atoms with Gasteiger partial charge in [-0.2, -0.15) is 145 Å². The highest BCUT2D eigenvalue weighted by Crippen LogP contribution is 2.56. The first-order valence-electron chi connectivity index (χ1n) is 42.2. The minimum Gasteiger partial charge on any atom is -0.465 e. The van der Waals surface area contributed by atoms with E-state index in [9.17, 15) is 158 Å². The summed E-state index contributed by atoms with van der Waals surface area (Å²) in [5.41, 5.74) is -24.1. The van der Waals surface area contributed by atoms with Gasteiger partial charge in [-0.15, -0.1) is 0 Å². The van der Waals surface area contributed by atoms with Crippen LogP contribution in [0.15, 0.2) is 85.1 Å². The Hall–Kier alpha value is -5.03. The number of rotatable bonds is 28. The second kappa shape index (κ2) is 42.3. The summed E-state index contributed by atoms with van der Waals surface area (Å²) in [4.78, 5) is 11.5. The van der Waals surface area contributed by atoms with Crippen LogP contribution in [0.3, 0.4) is 0 Å². The van der Waals surface area contributed by atoms with Crippen LogP contribution in [-0.4, -0.2) is 190 Å². The molecule has 21 atom stereocenters. The van der Waals surface area contributed by atoms with Gasteiger partial charge in [-0.1, -0.05) is 91.5 Å². The number of allylic oxidation sites excluding steroid dienone is 14. The van der Waals surface area contributed by atoms with Crippen molar-refractivity contribution in [3.63, 3.8) is 0 Å². The molecule has 14 bridgehead atoms. The Balaban J connectivity index is 0.000000187. The Labute approximate surface area is 721 Å². The van der Waals surface area contributed by atoms with E-state index in [0.29, 0.717) is 110 Å². The fraction of sp³-hybridized carbons (Fsp3) is 0.819. The van der Waals surface area contributed by atoms with Gasteiger partial charge in [-0.05, 0) is 253 Å². The minimum absolute atomic E-state index is 0.0608. The normalized spacial score (nSPS) is 31.0. The lowest BCUT2D eigenvalue weighted by Crippen LogP contribution is -2.60. The Kier molecular flexibility index (Phi) is 35.8. The van der Waals surface area contributed by atoms with Crippen molar-refractivity contribution < 1.29 is 197 Å². The van der Waals surface area contributed by atoms with Crippen LogP contribution in [0.5, 0.6) is 0 Å². The van der Waals surface area contributed by atoms with Gasteiger partial charge in [0.25, 0.3) is 22.4 Å². The molecule has 744 valence electrons. The molecule has 129 heavy (non-hydrogen) atoms. The molecule has 0 spiro atoms. The number of hydrogen-bond donors (Lipinski definition) is 5. The molecule has 7 saturated carbocycles. The van der Waals surface area contributed by atoms with Gasteiger partial charge < -0.3 is 44.7 Å². The fourth-order valence-corrected chi connectivity index (χ4v) is 20.7. The van der Waals surface area contributed by atoms with Gasteiger partial charge in [0.1, 0.15) is 0 Å². The van der Waals surface area contributed by atoms with Crippen LogP contribution < -0.4 is 5.32 Å². The van der Waals surface area contributed by atoms with Crippen molar-refractivity contribution in [2.75, 3.05) is 65.1 Å². The lowest BCUT2D eigenvalue weighted by molar-refractivity contribution is -0.378. The molecular formula is C83H104F33NO11S. The smallest absolute Gasteiger partial charge is 0.465 e. The lowest BCUT2D eigenvalue weighted by Gasteiger charge is -2.35. The van der Waals surface area contributed by atoms with Gasteiger partial charge >= 0.3 is 73.2 Å². The molecular weight excluding hydrogens is 1850 g/mol. The SMILES string of the molecule is FC(F)(F)CNCCC1CC2C=CC1C2.O=C(OCCC(F)(F)F)C1CC2C=CC1C2.O=S(=O)(CCC1CC2C=CC1C2)C(F)(F)F.OC(CC1CC2C=CC1C2)(C(F)(F)F)C(F)(F)F.OC(COCC1CC2C=CC1C2)(C(F)(F)F)C(F)(F)F.OC(COCCC1CC2C=CC1C2)(C(F)(F)F)C(F)(F)F.OC(COCCCCC1CC2C=CC1C2)(C(F)(F)F)C(F)(F)F. The van der Waals surface area contributed by atoms with Crippen molar-refractivity contribution in [1.82, 2.24) is 5.32 Å². The number of carbonyl (C=O) groups is 1. The minimum atomic E-state index is -5.82. The number of carbonyl (C=O) groups excluding carboxylic acids is 1. The predicted molar refractivity (Wildman–Crippen MR) is 395 cm³/mol. The van der Waals surface area contributed by atoms with Gasteiger partial charge in [0.05, 0.1) is 57.7 Å². The number of unbranched alkanes of at least 4 members (excludes halogenated alkanes) is 1. The summed E-state index contributed by atoms with van der Waals surface area (Å²) < 4.78 is 445. The predicted octanol–water partition coefficient (Wildman–Crippen LogP) is 22.2. The molecule has 46 heteroatoms. The van der Waals surface area contributed by atoms with E-state index in [0.717, 1.165) is 70.6 Å². The molecule has 0 heterocycles. The lowest BCUT2D eigenvalue weighted by atomic mass is 9.82. The molecule has 14 aliphatic carbocycles. The Morgan fingerprint density at radius 3 is 0.938 bits per heavy atom. The topological polar surface area (TPSA) is 181 Å². The second-order valence-electron chi connectivity index (χ2n) is 36.3. The van der Waals surface area contributed by atoms with Crippen molar-refractivity contribution in [2.45, 2.75) is 231 Å². The molecule has 7 fully saturated rings. The molecule has 0 amide bonds. The molecule has 12 nitrogen and oxygen atoms in total. The quantitative estimate of drug-likeness (QED) is 0.0217. The van der Waals surface area contributed by atoms with Crippen LogP contribution in [0.1, 0.15) is 141 Å². The van der Waals surface area contributed by atoms with E-state index in [1.807, 2.05) is 36.5 Å². The highest BCUT2D eigenvalue weighted by Gasteiger charge is 2.74. The Bertz CT molecular complexity index is 3850. The first-order valence-corrected chi connectivity index (χ1v) is 43.9. The van der Waals surface area contributed by atoms with Crippen molar-refractivity contribution in [3.8, 4) is 0 Å². The first kappa shape index (κ1) is 109. The number of fused-ring (bicyclic) bond motifs is 14. The number of sulfone groups is 1. The summed E-state index contributed by atoms with van der Waals surface area (Å²) in [5.74, 6) is 4.29. The third-order valence-electron chi connectivity index (χ3n) is 27.2. The third-order valence-corrected chi connectivity index (χ3v) is 28.6. The van der Waals surface area contributed by atoms with Crippen molar-refractivity contribution >= 4 is 15.8 Å². The number of esters is 1. The molecule has 14 rings (SSSR count). The molecule has 0 aromatic rings. The maximum absolute atomic E-state index is 12.5. The number of hydrogen-bond acceptors (Lipinski definition) is 12. The van der Waals surface area contributed by atoms with Crippen LogP contribution in [-0.2, 0) is 33.6 Å². The highest BCUT2D eigenvalue weighted by atomic mass is 32.2. The van der Waals surface area contributed by atoms with Gasteiger partial charge in [-0.3, -0.25) is 4.79 Å². The van der Waals surface area contributed by atoms with Gasteiger partial charge in [-0.25, -0.2) is 8.42 Å². The molecule has 0 aromatic carbocycles. The van der Waals surface area contributed by atoms with Crippen LogP contribution >= 0.6 is 0 Å². The molecule has 0 saturated heterocycles. The molecule has 5 N–H and O–H groups in total. The summed E-state index contributed by atoms with van der Waals surface area (Å²) in [6.45, 7) is -7.06. The largest absolute Gasteiger partial charge is 0.497 e. The zero-order valence-corrected chi connectivity index (χ0v) is 69.7. The molecule has 0 aliphatic heterocycles. The van der Waals surface area contributed by atoms with Crippen LogP contribution in [0.4, 0.5) is 145 Å². The fourth-order valence-electron chi connectivity index (χ4n) is 19.9. The maximum Gasteiger partial charge on any atom is 0.497 e. The number of aliphatic hydroxyl groups is 4. The van der Waals surface area contributed by atoms with E-state index in [1.54, 1.807) is 6.08 Å². The van der Waals surface area contributed by atoms with Crippen LogP contribution in [0.25, 0.3) is 0 Å². The molecule has 21 unspecified atom stereocenters. The zero-order valence-electron chi connectivity index (χ0n) is 68.9. The van der Waals surface area contributed by atoms with E-state index >= 15 is 0 Å². The van der Waals surface area contributed by atoms with Gasteiger partial charge in [0.15, 0.2) is 0 Å². The van der Waals surface area contributed by atoms with E-state index in [-0.39, 0.29) is 80.0 Å². The van der Waals surface area contributed by atoms with Crippen molar-refractivity contribution in [1.29, 1.82) is 0 Å². The maximum atomic E-state index is 12.5. The third kappa shape index (κ3) is 28.8. The first-order chi connectivity index (χ1) is 59.0. The molecule has 14 aliphatic rings. The highest BCUT2D eigenvalue weighted by molar-refractivity contribution is 7.92. The van der Waals surface area contributed by atoms with E-state index in [4.69, 9.17) is 20.4 Å². The monoisotopic (exact) mass is 1950 g/mol. The van der Waals surface area contributed by atoms with Gasteiger partial charge in [0, 0.05) is 13.2 Å². The number of alkyl halides is 33. The average Bonchev–Trinajstić information content (AvgIpc) is 1.64. The van der Waals surface area contributed by atoms with Crippen LogP contribution in [0, 0.1) is 124 Å². The van der Waals surface area contributed by atoms with E-state index in [1.165, 1.54) is 12.8 Å². The standard InChI is InChI=1S/C15H20F6O2.C13H16F6O2.C12H14F6O2.C11H12F6O.C11H16F3N.C11H13F3O2.C10H13F3O2S/c16-14(17,18)13(22,15(19,20)21)9-23-6-2-1-3-11-7-10-4-5-12(11)8-10;14-12(15,16)11(20,13(17,18)19)7-21-4-3-10-6-8-1-2-9(10)5-8;13-11(14,15)10(19,12(16,17)18)6-20-5-9-4-7-1-2-8(9)3-7;12-10(13,14)9(18,11(15,16)17)5-8-4-6-1-2-7(8)3-6;12-11(13,14)7-15-4-3-10-6-8-1-2-9(10)5-8;12-11(13,14)3-4-16-10(15)9-6-7-1-2-8(9)5-7;11-10(12,13)16(14,15)4-3-9-6-7-1-2-8(9)5-7/h4-5,10-12,22H,1-3,6-9H2;1-2,8-10,20H,3-7H2;1-2,7-9,19H,3-6H2;1-2,6-8,18H,3-5H2;1-2,8-10,15H,3-7H2;2*1-2,7-9H,3-6H2. The van der Waals surface area contributed by atoms with E-state index < -0.39 is 163 Å². The summed E-state index contributed by atoms with van der Waals surface area (Å²) in [6.07, 6.45) is -12.5. The zero-order chi connectivity index (χ0) is 96.8. The Morgan fingerprint density at radius 1 is 0.318 bits per heavy atom.